The van der Waals surface area contributed by atoms with Crippen LogP contribution in [0.5, 0.6) is 0 Å². The molecule has 1 aliphatic rings. The van der Waals surface area contributed by atoms with Crippen molar-refractivity contribution in [2.24, 2.45) is 11.8 Å². The molecule has 1 saturated heterocycles. The average molecular weight is 450 g/mol. The molecular formula is C28H39N3O2. The first-order chi connectivity index (χ1) is 15.5. The molecule has 0 aliphatic carbocycles. The smallest absolute Gasteiger partial charge is 0.255 e. The zero-order chi connectivity index (χ0) is 24.2. The van der Waals surface area contributed by atoms with Gasteiger partial charge in [-0.25, -0.2) is 0 Å². The van der Waals surface area contributed by atoms with Crippen LogP contribution in [0.3, 0.4) is 0 Å². The van der Waals surface area contributed by atoms with Crippen LogP contribution in [0.1, 0.15) is 80.7 Å². The van der Waals surface area contributed by atoms with Crippen molar-refractivity contribution in [2.75, 3.05) is 29.9 Å². The molecule has 2 aromatic carbocycles. The lowest BCUT2D eigenvalue weighted by molar-refractivity contribution is 0.0948. The van der Waals surface area contributed by atoms with Gasteiger partial charge in [0.1, 0.15) is 0 Å². The number of nitrogens with zero attached hydrogens (tertiary/aromatic N) is 1. The molecular weight excluding hydrogens is 410 g/mol. The molecule has 0 unspecified atom stereocenters. The molecule has 5 heteroatoms. The highest BCUT2D eigenvalue weighted by atomic mass is 16.2. The number of amides is 2. The molecule has 0 spiro atoms. The summed E-state index contributed by atoms with van der Waals surface area (Å²) >= 11 is 0. The Labute approximate surface area is 199 Å². The fraction of sp³-hybridized carbons (Fsp3) is 0.500. The highest BCUT2D eigenvalue weighted by Crippen LogP contribution is 2.29. The number of benzene rings is 2. The van der Waals surface area contributed by atoms with Crippen LogP contribution < -0.4 is 15.5 Å². The van der Waals surface area contributed by atoms with E-state index in [2.05, 4.69) is 57.1 Å². The fourth-order valence-corrected chi connectivity index (χ4v) is 4.04. The van der Waals surface area contributed by atoms with Crippen LogP contribution in [0.25, 0.3) is 0 Å². The van der Waals surface area contributed by atoms with E-state index in [0.29, 0.717) is 35.2 Å². The highest BCUT2D eigenvalue weighted by Gasteiger charge is 2.22. The molecule has 178 valence electrons. The second-order valence-corrected chi connectivity index (χ2v) is 10.8. The number of anilines is 2. The monoisotopic (exact) mass is 449 g/mol. The molecule has 0 aromatic heterocycles. The normalized spacial score (nSPS) is 14.9. The summed E-state index contributed by atoms with van der Waals surface area (Å²) in [5.74, 6) is 0.807. The molecule has 0 bridgehead atoms. The standard InChI is InChI=1S/C28H39N3O2/c1-19(2)18-29-27(33)24-17-23(11-12-25(24)31-15-13-20(3)14-16-31)30-26(32)21-7-9-22(10-8-21)28(4,5)6/h7-12,17,19-20H,13-16,18H2,1-6H3,(H,29,33)(H,30,32). The molecule has 0 radical (unpaired) electrons. The van der Waals surface area contributed by atoms with E-state index in [9.17, 15) is 9.59 Å². The number of hydrogen-bond acceptors (Lipinski definition) is 3. The lowest BCUT2D eigenvalue weighted by atomic mass is 9.87. The Morgan fingerprint density at radius 1 is 1.00 bits per heavy atom. The zero-order valence-electron chi connectivity index (χ0n) is 21.0. The van der Waals surface area contributed by atoms with Crippen LogP contribution in [0.15, 0.2) is 42.5 Å². The molecule has 2 N–H and O–H groups in total. The molecule has 5 nitrogen and oxygen atoms in total. The lowest BCUT2D eigenvalue weighted by Gasteiger charge is -2.33. The van der Waals surface area contributed by atoms with E-state index in [0.717, 1.165) is 31.6 Å². The van der Waals surface area contributed by atoms with Gasteiger partial charge >= 0.3 is 0 Å². The summed E-state index contributed by atoms with van der Waals surface area (Å²) in [7, 11) is 0. The second kappa shape index (κ2) is 10.4. The van der Waals surface area contributed by atoms with Gasteiger partial charge in [0.25, 0.3) is 11.8 Å². The maximum Gasteiger partial charge on any atom is 0.255 e. The summed E-state index contributed by atoms with van der Waals surface area (Å²) in [5.41, 5.74) is 4.01. The largest absolute Gasteiger partial charge is 0.371 e. The van der Waals surface area contributed by atoms with E-state index in [1.54, 1.807) is 0 Å². The van der Waals surface area contributed by atoms with Crippen molar-refractivity contribution in [3.05, 3.63) is 59.2 Å². The van der Waals surface area contributed by atoms with E-state index in [1.165, 1.54) is 5.56 Å². The van der Waals surface area contributed by atoms with Gasteiger partial charge < -0.3 is 15.5 Å². The number of hydrogen-bond donors (Lipinski definition) is 2. The van der Waals surface area contributed by atoms with Gasteiger partial charge in [0.15, 0.2) is 0 Å². The van der Waals surface area contributed by atoms with Crippen LogP contribution in [0, 0.1) is 11.8 Å². The Balaban J connectivity index is 1.82. The fourth-order valence-electron chi connectivity index (χ4n) is 4.04. The number of piperidine rings is 1. The minimum atomic E-state index is -0.177. The lowest BCUT2D eigenvalue weighted by Crippen LogP contribution is -2.35. The van der Waals surface area contributed by atoms with Crippen molar-refractivity contribution in [2.45, 2.75) is 59.8 Å². The predicted octanol–water partition coefficient (Wildman–Crippen LogP) is 5.86. The van der Waals surface area contributed by atoms with Crippen LogP contribution in [-0.4, -0.2) is 31.4 Å². The summed E-state index contributed by atoms with van der Waals surface area (Å²) < 4.78 is 0. The van der Waals surface area contributed by atoms with Crippen LogP contribution in [-0.2, 0) is 5.41 Å². The van der Waals surface area contributed by atoms with Crippen molar-refractivity contribution in [3.8, 4) is 0 Å². The first kappa shape index (κ1) is 24.8. The van der Waals surface area contributed by atoms with Crippen LogP contribution in [0.4, 0.5) is 11.4 Å². The number of carbonyl (C=O) groups excluding carboxylic acids is 2. The van der Waals surface area contributed by atoms with Gasteiger partial charge in [-0.05, 0) is 66.0 Å². The number of rotatable bonds is 6. The SMILES string of the molecule is CC(C)CNC(=O)c1cc(NC(=O)c2ccc(C(C)(C)C)cc2)ccc1N1CCC(C)CC1. The number of carbonyl (C=O) groups is 2. The van der Waals surface area contributed by atoms with E-state index in [-0.39, 0.29) is 17.2 Å². The average Bonchev–Trinajstić information content (AvgIpc) is 2.77. The molecule has 1 heterocycles. The quantitative estimate of drug-likeness (QED) is 0.581. The topological polar surface area (TPSA) is 61.4 Å². The van der Waals surface area contributed by atoms with Crippen molar-refractivity contribution in [1.29, 1.82) is 0 Å². The second-order valence-electron chi connectivity index (χ2n) is 10.8. The summed E-state index contributed by atoms with van der Waals surface area (Å²) in [6.45, 7) is 15.4. The van der Waals surface area contributed by atoms with Gasteiger partial charge in [-0.3, -0.25) is 9.59 Å². The van der Waals surface area contributed by atoms with Gasteiger partial charge in [-0.2, -0.15) is 0 Å². The maximum atomic E-state index is 13.1. The Hall–Kier alpha value is -2.82. The summed E-state index contributed by atoms with van der Waals surface area (Å²) in [6, 6.07) is 13.4. The molecule has 2 aromatic rings. The first-order valence-corrected chi connectivity index (χ1v) is 12.1. The molecule has 0 atom stereocenters. The predicted molar refractivity (Wildman–Crippen MR) is 137 cm³/mol. The van der Waals surface area contributed by atoms with E-state index >= 15 is 0 Å². The third-order valence-corrected chi connectivity index (χ3v) is 6.31. The van der Waals surface area contributed by atoms with Gasteiger partial charge in [-0.15, -0.1) is 0 Å². The van der Waals surface area contributed by atoms with Crippen molar-refractivity contribution < 1.29 is 9.59 Å². The van der Waals surface area contributed by atoms with E-state index in [4.69, 9.17) is 0 Å². The Bertz CT molecular complexity index is 966. The Morgan fingerprint density at radius 3 is 2.21 bits per heavy atom. The van der Waals surface area contributed by atoms with Gasteiger partial charge in [0, 0.05) is 36.6 Å². The minimum Gasteiger partial charge on any atom is -0.371 e. The zero-order valence-corrected chi connectivity index (χ0v) is 21.0. The van der Waals surface area contributed by atoms with Gasteiger partial charge in [0.2, 0.25) is 0 Å². The van der Waals surface area contributed by atoms with E-state index in [1.807, 2.05) is 42.5 Å². The number of nitrogens with one attached hydrogen (secondary N) is 2. The third kappa shape index (κ3) is 6.59. The van der Waals surface area contributed by atoms with Crippen molar-refractivity contribution in [3.63, 3.8) is 0 Å². The van der Waals surface area contributed by atoms with Gasteiger partial charge in [0.05, 0.1) is 5.56 Å². The molecule has 1 fully saturated rings. The van der Waals surface area contributed by atoms with Crippen LogP contribution >= 0.6 is 0 Å². The summed E-state index contributed by atoms with van der Waals surface area (Å²) in [5, 5.41) is 6.02. The summed E-state index contributed by atoms with van der Waals surface area (Å²) in [6.07, 6.45) is 2.24. The van der Waals surface area contributed by atoms with Crippen LogP contribution in [0.2, 0.25) is 0 Å². The Morgan fingerprint density at radius 2 is 1.64 bits per heavy atom. The van der Waals surface area contributed by atoms with Crippen molar-refractivity contribution in [1.82, 2.24) is 5.32 Å². The minimum absolute atomic E-state index is 0.0370. The molecule has 33 heavy (non-hydrogen) atoms. The van der Waals surface area contributed by atoms with Crippen molar-refractivity contribution >= 4 is 23.2 Å². The van der Waals surface area contributed by atoms with E-state index < -0.39 is 0 Å². The third-order valence-electron chi connectivity index (χ3n) is 6.31. The molecule has 3 rings (SSSR count). The highest BCUT2D eigenvalue weighted by molar-refractivity contribution is 6.06. The molecule has 2 amide bonds. The summed E-state index contributed by atoms with van der Waals surface area (Å²) in [4.78, 5) is 28.2. The Kier molecular flexibility index (Phi) is 7.83. The molecule has 0 saturated carbocycles. The first-order valence-electron chi connectivity index (χ1n) is 12.1. The van der Waals surface area contributed by atoms with Gasteiger partial charge in [-0.1, -0.05) is 53.7 Å². The maximum absolute atomic E-state index is 13.1. The molecule has 1 aliphatic heterocycles.